The van der Waals surface area contributed by atoms with Gasteiger partial charge in [-0.2, -0.15) is 0 Å². The molecule has 3 aromatic rings. The van der Waals surface area contributed by atoms with Crippen LogP contribution >= 0.6 is 0 Å². The van der Waals surface area contributed by atoms with Crippen molar-refractivity contribution >= 4 is 16.8 Å². The largest absolute Gasteiger partial charge is 0.497 e. The number of aromatic amines is 1. The highest BCUT2D eigenvalue weighted by Gasteiger charge is 2.07. The molecule has 0 atom stereocenters. The van der Waals surface area contributed by atoms with Crippen molar-refractivity contribution in [3.8, 4) is 11.5 Å². The molecule has 0 radical (unpaired) electrons. The molecule has 1 amide bonds. The first-order chi connectivity index (χ1) is 13.0. The minimum atomic E-state index is -0.370. The first-order valence-electron chi connectivity index (χ1n) is 8.40. The first-order valence-corrected chi connectivity index (χ1v) is 8.40. The monoisotopic (exact) mass is 370 g/mol. The predicted molar refractivity (Wildman–Crippen MR) is 99.7 cm³/mol. The molecule has 0 saturated carbocycles. The molecule has 27 heavy (non-hydrogen) atoms. The van der Waals surface area contributed by atoms with Gasteiger partial charge in [0, 0.05) is 18.2 Å². The summed E-state index contributed by atoms with van der Waals surface area (Å²) in [5, 5.41) is 3.58. The number of rotatable bonds is 7. The third kappa shape index (κ3) is 4.84. The molecule has 1 heterocycles. The lowest BCUT2D eigenvalue weighted by Gasteiger charge is -2.08. The van der Waals surface area contributed by atoms with Gasteiger partial charge >= 0.3 is 0 Å². The minimum absolute atomic E-state index is 0.181. The number of fused-ring (bicyclic) bond motifs is 1. The lowest BCUT2D eigenvalue weighted by atomic mass is 10.1. The van der Waals surface area contributed by atoms with E-state index >= 15 is 0 Å². The Morgan fingerprint density at radius 1 is 1.11 bits per heavy atom. The van der Waals surface area contributed by atoms with E-state index in [1.165, 1.54) is 24.3 Å². The fourth-order valence-corrected chi connectivity index (χ4v) is 2.61. The van der Waals surface area contributed by atoms with Crippen LogP contribution in [0.25, 0.3) is 10.9 Å². The van der Waals surface area contributed by atoms with Crippen LogP contribution in [0.5, 0.6) is 11.5 Å². The summed E-state index contributed by atoms with van der Waals surface area (Å²) >= 11 is 0. The molecule has 2 N–H and O–H groups in total. The molecular formula is C20H19FN2O4. The predicted octanol–water partition coefficient (Wildman–Crippen LogP) is 2.41. The van der Waals surface area contributed by atoms with Crippen LogP contribution in [0.1, 0.15) is 5.56 Å². The van der Waals surface area contributed by atoms with Crippen molar-refractivity contribution in [2.75, 3.05) is 20.3 Å². The molecule has 6 nitrogen and oxygen atoms in total. The van der Waals surface area contributed by atoms with Crippen LogP contribution in [0.4, 0.5) is 4.39 Å². The maximum atomic E-state index is 12.8. The molecule has 7 heteroatoms. The molecule has 0 saturated heterocycles. The molecule has 0 fully saturated rings. The van der Waals surface area contributed by atoms with Crippen molar-refractivity contribution < 1.29 is 18.7 Å². The highest BCUT2D eigenvalue weighted by Crippen LogP contribution is 2.18. The Morgan fingerprint density at radius 2 is 1.85 bits per heavy atom. The number of halogens is 1. The van der Waals surface area contributed by atoms with E-state index in [0.717, 1.165) is 5.39 Å². The third-order valence-electron chi connectivity index (χ3n) is 4.03. The van der Waals surface area contributed by atoms with E-state index in [2.05, 4.69) is 10.3 Å². The molecule has 3 rings (SSSR count). The lowest BCUT2D eigenvalue weighted by molar-refractivity contribution is -0.123. The molecule has 0 unspecified atom stereocenters. The van der Waals surface area contributed by atoms with E-state index in [1.54, 1.807) is 19.2 Å². The fraction of sp³-hybridized carbons (Fsp3) is 0.200. The number of H-pyrrole nitrogens is 1. The van der Waals surface area contributed by atoms with Gasteiger partial charge in [0.15, 0.2) is 6.61 Å². The van der Waals surface area contributed by atoms with Gasteiger partial charge in [-0.1, -0.05) is 0 Å². The molecule has 0 aliphatic heterocycles. The Hall–Kier alpha value is -3.35. The molecule has 0 bridgehead atoms. The number of amides is 1. The minimum Gasteiger partial charge on any atom is -0.497 e. The van der Waals surface area contributed by atoms with Crippen LogP contribution in [-0.2, 0) is 11.2 Å². The van der Waals surface area contributed by atoms with Crippen molar-refractivity contribution in [3.05, 3.63) is 70.3 Å². The summed E-state index contributed by atoms with van der Waals surface area (Å²) < 4.78 is 23.2. The van der Waals surface area contributed by atoms with Gasteiger partial charge < -0.3 is 19.8 Å². The Labute approximate surface area is 154 Å². The highest BCUT2D eigenvalue weighted by molar-refractivity contribution is 5.80. The zero-order valence-corrected chi connectivity index (χ0v) is 14.8. The van der Waals surface area contributed by atoms with Crippen molar-refractivity contribution in [3.63, 3.8) is 0 Å². The van der Waals surface area contributed by atoms with Crippen LogP contribution in [0, 0.1) is 5.82 Å². The van der Waals surface area contributed by atoms with Crippen molar-refractivity contribution in [2.45, 2.75) is 6.42 Å². The SMILES string of the molecule is COc1ccc2cc(CCNC(=O)COc3ccc(F)cc3)c(=O)[nH]c2c1. The summed E-state index contributed by atoms with van der Waals surface area (Å²) in [5.74, 6) is 0.388. The van der Waals surface area contributed by atoms with E-state index in [1.807, 2.05) is 12.1 Å². The Morgan fingerprint density at radius 3 is 2.59 bits per heavy atom. The van der Waals surface area contributed by atoms with Gasteiger partial charge in [-0.05, 0) is 54.3 Å². The zero-order chi connectivity index (χ0) is 19.2. The van der Waals surface area contributed by atoms with Gasteiger partial charge in [0.25, 0.3) is 11.5 Å². The number of hydrogen-bond donors (Lipinski definition) is 2. The normalized spacial score (nSPS) is 10.6. The van der Waals surface area contributed by atoms with Crippen LogP contribution in [-0.4, -0.2) is 31.2 Å². The van der Waals surface area contributed by atoms with Crippen LogP contribution in [0.2, 0.25) is 0 Å². The Kier molecular flexibility index (Phi) is 5.71. The molecule has 140 valence electrons. The lowest BCUT2D eigenvalue weighted by Crippen LogP contribution is -2.31. The molecule has 1 aromatic heterocycles. The van der Waals surface area contributed by atoms with Gasteiger partial charge in [0.2, 0.25) is 0 Å². The number of carbonyl (C=O) groups excluding carboxylic acids is 1. The second-order valence-corrected chi connectivity index (χ2v) is 5.92. The number of ether oxygens (including phenoxy) is 2. The van der Waals surface area contributed by atoms with Gasteiger partial charge in [-0.25, -0.2) is 4.39 Å². The first kappa shape index (κ1) is 18.4. The Balaban J connectivity index is 1.53. The molecular weight excluding hydrogens is 351 g/mol. The molecule has 0 aliphatic rings. The number of benzene rings is 2. The maximum Gasteiger partial charge on any atom is 0.257 e. The average Bonchev–Trinajstić information content (AvgIpc) is 2.67. The standard InChI is InChI=1S/C20H19FN2O4/c1-26-17-5-2-13-10-14(20(25)23-18(13)11-17)8-9-22-19(24)12-27-16-6-3-15(21)4-7-16/h2-7,10-11H,8-9,12H2,1H3,(H,22,24)(H,23,25). The Bertz CT molecular complexity index is 999. The fourth-order valence-electron chi connectivity index (χ4n) is 2.61. The van der Waals surface area contributed by atoms with Crippen LogP contribution in [0.15, 0.2) is 53.3 Å². The van der Waals surface area contributed by atoms with Gasteiger partial charge in [-0.15, -0.1) is 0 Å². The second kappa shape index (κ2) is 8.35. The summed E-state index contributed by atoms with van der Waals surface area (Å²) in [4.78, 5) is 26.8. The summed E-state index contributed by atoms with van der Waals surface area (Å²) in [7, 11) is 1.57. The number of pyridine rings is 1. The van der Waals surface area contributed by atoms with Crippen LogP contribution in [0.3, 0.4) is 0 Å². The third-order valence-corrected chi connectivity index (χ3v) is 4.03. The summed E-state index contributed by atoms with van der Waals surface area (Å²) in [6.45, 7) is 0.121. The average molecular weight is 370 g/mol. The zero-order valence-electron chi connectivity index (χ0n) is 14.8. The topological polar surface area (TPSA) is 80.4 Å². The molecule has 0 aliphatic carbocycles. The van der Waals surface area contributed by atoms with E-state index in [4.69, 9.17) is 9.47 Å². The number of aromatic nitrogens is 1. The number of methoxy groups -OCH3 is 1. The van der Waals surface area contributed by atoms with Gasteiger partial charge in [0.05, 0.1) is 12.6 Å². The number of hydrogen-bond acceptors (Lipinski definition) is 4. The summed E-state index contributed by atoms with van der Waals surface area (Å²) in [6.07, 6.45) is 0.388. The van der Waals surface area contributed by atoms with Gasteiger partial charge in [-0.3, -0.25) is 9.59 Å². The van der Waals surface area contributed by atoms with Crippen molar-refractivity contribution in [2.24, 2.45) is 0 Å². The van der Waals surface area contributed by atoms with Crippen molar-refractivity contribution in [1.29, 1.82) is 0 Å². The van der Waals surface area contributed by atoms with E-state index in [0.29, 0.717) is 35.5 Å². The van der Waals surface area contributed by atoms with Gasteiger partial charge in [0.1, 0.15) is 17.3 Å². The van der Waals surface area contributed by atoms with Crippen molar-refractivity contribution in [1.82, 2.24) is 10.3 Å². The van der Waals surface area contributed by atoms with E-state index in [9.17, 15) is 14.0 Å². The van der Waals surface area contributed by atoms with E-state index in [-0.39, 0.29) is 23.9 Å². The highest BCUT2D eigenvalue weighted by atomic mass is 19.1. The molecule has 2 aromatic carbocycles. The van der Waals surface area contributed by atoms with E-state index < -0.39 is 0 Å². The second-order valence-electron chi connectivity index (χ2n) is 5.92. The van der Waals surface area contributed by atoms with Crippen LogP contribution < -0.4 is 20.3 Å². The summed E-state index contributed by atoms with van der Waals surface area (Å²) in [5.41, 5.74) is 1.07. The maximum absolute atomic E-state index is 12.8. The summed E-state index contributed by atoms with van der Waals surface area (Å²) in [6, 6.07) is 12.7. The number of nitrogens with one attached hydrogen (secondary N) is 2. The number of carbonyl (C=O) groups is 1. The smallest absolute Gasteiger partial charge is 0.257 e. The molecule has 0 spiro atoms. The quantitative estimate of drug-likeness (QED) is 0.669.